The van der Waals surface area contributed by atoms with Crippen LogP contribution in [0.4, 0.5) is 0 Å². The molecule has 2 heterocycles. The van der Waals surface area contributed by atoms with E-state index in [9.17, 15) is 9.59 Å². The fourth-order valence-electron chi connectivity index (χ4n) is 4.65. The summed E-state index contributed by atoms with van der Waals surface area (Å²) in [4.78, 5) is 26.7. The van der Waals surface area contributed by atoms with Crippen LogP contribution < -0.4 is 5.32 Å². The van der Waals surface area contributed by atoms with Crippen LogP contribution in [0, 0.1) is 0 Å². The summed E-state index contributed by atoms with van der Waals surface area (Å²) in [6.45, 7) is 5.63. The van der Waals surface area contributed by atoms with Gasteiger partial charge in [0.2, 0.25) is 0 Å². The molecule has 1 N–H and O–H groups in total. The largest absolute Gasteiger partial charge is 0.373 e. The zero-order valence-electron chi connectivity index (χ0n) is 19.4. The number of ketones is 1. The lowest BCUT2D eigenvalue weighted by molar-refractivity contribution is 0.0780. The SMILES string of the molecule is CC[C@H](CC(=O)c1cc(C(=O)N[C@H](CC)c2ccccc2)c2n1CCOC2)c1ccccc1. The summed E-state index contributed by atoms with van der Waals surface area (Å²) in [5, 5.41) is 3.16. The maximum atomic E-state index is 13.4. The molecule has 1 aromatic heterocycles. The van der Waals surface area contributed by atoms with Crippen molar-refractivity contribution in [1.29, 1.82) is 0 Å². The molecule has 5 heteroatoms. The number of Topliss-reactive ketones (excluding diaryl/α,β-unsaturated/α-hetero) is 1. The summed E-state index contributed by atoms with van der Waals surface area (Å²) in [5.41, 5.74) is 4.19. The fraction of sp³-hybridized carbons (Fsp3) is 0.357. The predicted octanol–water partition coefficient (Wildman–Crippen LogP) is 5.67. The Morgan fingerprint density at radius 1 is 0.970 bits per heavy atom. The Balaban J connectivity index is 1.58. The molecule has 1 amide bonds. The van der Waals surface area contributed by atoms with Gasteiger partial charge >= 0.3 is 0 Å². The number of rotatable bonds is 9. The van der Waals surface area contributed by atoms with E-state index >= 15 is 0 Å². The van der Waals surface area contributed by atoms with Crippen molar-refractivity contribution >= 4 is 11.7 Å². The van der Waals surface area contributed by atoms with Gasteiger partial charge in [0.15, 0.2) is 5.78 Å². The van der Waals surface area contributed by atoms with E-state index in [1.54, 1.807) is 6.07 Å². The highest BCUT2D eigenvalue weighted by Crippen LogP contribution is 2.28. The molecule has 172 valence electrons. The second-order valence-electron chi connectivity index (χ2n) is 8.58. The summed E-state index contributed by atoms with van der Waals surface area (Å²) in [5.74, 6) is 0.0710. The average Bonchev–Trinajstić information content (AvgIpc) is 3.26. The summed E-state index contributed by atoms with van der Waals surface area (Å²) in [7, 11) is 0. The van der Waals surface area contributed by atoms with Gasteiger partial charge in [-0.15, -0.1) is 0 Å². The first kappa shape index (κ1) is 23.0. The van der Waals surface area contributed by atoms with Crippen LogP contribution >= 0.6 is 0 Å². The Morgan fingerprint density at radius 2 is 1.64 bits per heavy atom. The number of nitrogens with one attached hydrogen (secondary N) is 1. The Labute approximate surface area is 195 Å². The van der Waals surface area contributed by atoms with Gasteiger partial charge in [-0.25, -0.2) is 0 Å². The quantitative estimate of drug-likeness (QED) is 0.433. The zero-order chi connectivity index (χ0) is 23.2. The highest BCUT2D eigenvalue weighted by Gasteiger charge is 2.28. The highest BCUT2D eigenvalue weighted by molar-refractivity contribution is 6.01. The molecular weight excluding hydrogens is 412 g/mol. The molecule has 1 aliphatic rings. The van der Waals surface area contributed by atoms with Crippen molar-refractivity contribution in [3.8, 4) is 0 Å². The molecule has 3 aromatic rings. The number of nitrogens with zero attached hydrogens (tertiary/aromatic N) is 1. The van der Waals surface area contributed by atoms with Gasteiger partial charge in [0, 0.05) is 13.0 Å². The lowest BCUT2D eigenvalue weighted by Crippen LogP contribution is -2.29. The first-order valence-electron chi connectivity index (χ1n) is 11.9. The number of fused-ring (bicyclic) bond motifs is 1. The molecule has 5 nitrogen and oxygen atoms in total. The maximum Gasteiger partial charge on any atom is 0.253 e. The third-order valence-electron chi connectivity index (χ3n) is 6.55. The van der Waals surface area contributed by atoms with Crippen molar-refractivity contribution in [2.45, 2.75) is 58.2 Å². The molecule has 0 unspecified atom stereocenters. The number of hydrogen-bond acceptors (Lipinski definition) is 3. The Kier molecular flexibility index (Phi) is 7.40. The summed E-state index contributed by atoms with van der Waals surface area (Å²) < 4.78 is 7.64. The topological polar surface area (TPSA) is 60.3 Å². The van der Waals surface area contributed by atoms with Crippen molar-refractivity contribution in [3.63, 3.8) is 0 Å². The third kappa shape index (κ3) is 5.09. The fourth-order valence-corrected chi connectivity index (χ4v) is 4.65. The number of benzene rings is 2. The molecule has 1 aliphatic heterocycles. The van der Waals surface area contributed by atoms with Gasteiger partial charge in [0.05, 0.1) is 36.2 Å². The normalized spacial score (nSPS) is 14.8. The van der Waals surface area contributed by atoms with Gasteiger partial charge < -0.3 is 14.6 Å². The van der Waals surface area contributed by atoms with Gasteiger partial charge in [-0.2, -0.15) is 0 Å². The number of aromatic nitrogens is 1. The highest BCUT2D eigenvalue weighted by atomic mass is 16.5. The monoisotopic (exact) mass is 444 g/mol. The molecule has 2 atom stereocenters. The number of carbonyl (C=O) groups is 2. The Hall–Kier alpha value is -3.18. The van der Waals surface area contributed by atoms with Crippen LogP contribution in [0.1, 0.15) is 82.7 Å². The van der Waals surface area contributed by atoms with Crippen LogP contribution in [0.15, 0.2) is 66.7 Å². The lowest BCUT2D eigenvalue weighted by Gasteiger charge is -2.21. The van der Waals surface area contributed by atoms with Crippen LogP contribution in [-0.4, -0.2) is 22.9 Å². The molecule has 0 radical (unpaired) electrons. The maximum absolute atomic E-state index is 13.4. The van der Waals surface area contributed by atoms with Crippen LogP contribution in [0.3, 0.4) is 0 Å². The molecular formula is C28H32N2O3. The van der Waals surface area contributed by atoms with Crippen molar-refractivity contribution in [2.24, 2.45) is 0 Å². The predicted molar refractivity (Wildman–Crippen MR) is 129 cm³/mol. The van der Waals surface area contributed by atoms with E-state index in [-0.39, 0.29) is 23.7 Å². The van der Waals surface area contributed by atoms with Crippen molar-refractivity contribution in [1.82, 2.24) is 9.88 Å². The Bertz CT molecular complexity index is 1000. The first-order valence-corrected chi connectivity index (χ1v) is 11.9. The molecule has 0 saturated heterocycles. The summed E-state index contributed by atoms with van der Waals surface area (Å²) >= 11 is 0. The zero-order valence-corrected chi connectivity index (χ0v) is 19.4. The van der Waals surface area contributed by atoms with Crippen molar-refractivity contribution < 1.29 is 14.3 Å². The van der Waals surface area contributed by atoms with Crippen LogP contribution in [0.25, 0.3) is 0 Å². The standard InChI is InChI=1S/C28H32N2O3/c1-3-20(21-11-7-5-8-12-21)17-27(31)25-18-23(26-19-33-16-15-30(25)26)28(32)29-24(4-2)22-13-9-6-10-14-22/h5-14,18,20,24H,3-4,15-17,19H2,1-2H3,(H,29,32)/t20-,24-/m1/s1. The van der Waals surface area contributed by atoms with E-state index in [0.29, 0.717) is 37.4 Å². The van der Waals surface area contributed by atoms with E-state index in [4.69, 9.17) is 4.74 Å². The Morgan fingerprint density at radius 3 is 2.27 bits per heavy atom. The van der Waals surface area contributed by atoms with E-state index in [0.717, 1.165) is 24.1 Å². The van der Waals surface area contributed by atoms with Gasteiger partial charge in [-0.3, -0.25) is 9.59 Å². The molecule has 0 spiro atoms. The molecule has 0 fully saturated rings. The minimum absolute atomic E-state index is 0.0722. The summed E-state index contributed by atoms with van der Waals surface area (Å²) in [6, 6.07) is 21.8. The van der Waals surface area contributed by atoms with Gasteiger partial charge in [-0.05, 0) is 36.0 Å². The average molecular weight is 445 g/mol. The van der Waals surface area contributed by atoms with Crippen molar-refractivity contribution in [2.75, 3.05) is 6.61 Å². The van der Waals surface area contributed by atoms with Crippen LogP contribution in [0.2, 0.25) is 0 Å². The van der Waals surface area contributed by atoms with Gasteiger partial charge in [-0.1, -0.05) is 74.5 Å². The van der Waals surface area contributed by atoms with E-state index < -0.39 is 0 Å². The van der Waals surface area contributed by atoms with E-state index in [1.165, 1.54) is 5.56 Å². The van der Waals surface area contributed by atoms with Gasteiger partial charge in [0.25, 0.3) is 5.91 Å². The molecule has 4 rings (SSSR count). The molecule has 0 aliphatic carbocycles. The minimum Gasteiger partial charge on any atom is -0.373 e. The number of ether oxygens (including phenoxy) is 1. The third-order valence-corrected chi connectivity index (χ3v) is 6.55. The molecule has 33 heavy (non-hydrogen) atoms. The molecule has 2 aromatic carbocycles. The van der Waals surface area contributed by atoms with Crippen LogP contribution in [-0.2, 0) is 17.9 Å². The minimum atomic E-state index is -0.158. The first-order chi connectivity index (χ1) is 16.1. The molecule has 0 bridgehead atoms. The summed E-state index contributed by atoms with van der Waals surface area (Å²) in [6.07, 6.45) is 2.09. The van der Waals surface area contributed by atoms with Crippen molar-refractivity contribution in [3.05, 3.63) is 94.8 Å². The lowest BCUT2D eigenvalue weighted by atomic mass is 9.90. The number of amides is 1. The van der Waals surface area contributed by atoms with Crippen LogP contribution in [0.5, 0.6) is 0 Å². The number of hydrogen-bond donors (Lipinski definition) is 1. The second kappa shape index (κ2) is 10.6. The van der Waals surface area contributed by atoms with E-state index in [2.05, 4.69) is 31.3 Å². The smallest absolute Gasteiger partial charge is 0.253 e. The molecule has 0 saturated carbocycles. The van der Waals surface area contributed by atoms with Gasteiger partial charge in [0.1, 0.15) is 0 Å². The second-order valence-corrected chi connectivity index (χ2v) is 8.58. The number of carbonyl (C=O) groups excluding carboxylic acids is 2. The van der Waals surface area contributed by atoms with E-state index in [1.807, 2.05) is 53.1 Å².